The van der Waals surface area contributed by atoms with Gasteiger partial charge >= 0.3 is 0 Å². The second-order valence-electron chi connectivity index (χ2n) is 11.7. The van der Waals surface area contributed by atoms with Gasteiger partial charge in [-0.05, 0) is 59.2 Å². The molecule has 200 valence electrons. The summed E-state index contributed by atoms with van der Waals surface area (Å²) in [6.45, 7) is 17.1. The fourth-order valence-corrected chi connectivity index (χ4v) is 5.20. The van der Waals surface area contributed by atoms with E-state index in [1.165, 1.54) is 11.3 Å². The van der Waals surface area contributed by atoms with Crippen LogP contribution in [0.1, 0.15) is 46.6 Å². The lowest BCUT2D eigenvalue weighted by molar-refractivity contribution is 0.00718. The van der Waals surface area contributed by atoms with Gasteiger partial charge in [-0.25, -0.2) is 0 Å². The van der Waals surface area contributed by atoms with Crippen LogP contribution in [0.2, 0.25) is 0 Å². The molecule has 1 atom stereocenters. The average molecular weight is 499 g/mol. The summed E-state index contributed by atoms with van der Waals surface area (Å²) in [5.41, 5.74) is 2.95. The van der Waals surface area contributed by atoms with Crippen molar-refractivity contribution in [3.8, 4) is 11.5 Å². The highest BCUT2D eigenvalue weighted by Crippen LogP contribution is 2.36. The van der Waals surface area contributed by atoms with Gasteiger partial charge < -0.3 is 24.2 Å². The number of piperazine rings is 1. The fraction of sp³-hybridized carbons (Fsp3) is 0.600. The Balaban J connectivity index is 1.29. The fourth-order valence-electron chi connectivity index (χ4n) is 5.20. The van der Waals surface area contributed by atoms with E-state index in [0.29, 0.717) is 26.4 Å². The molecule has 0 aromatic heterocycles. The van der Waals surface area contributed by atoms with E-state index >= 15 is 0 Å². The number of aliphatic hydroxyl groups is 1. The second kappa shape index (κ2) is 12.8. The van der Waals surface area contributed by atoms with Gasteiger partial charge in [0.05, 0.1) is 26.4 Å². The number of β-amino-alcohol motifs (C(OH)–C–C–N with tert-alkyl or cyclic N) is 1. The Morgan fingerprint density at radius 1 is 0.833 bits per heavy atom. The first-order valence-corrected chi connectivity index (χ1v) is 13.2. The minimum absolute atomic E-state index is 0.123. The third-order valence-corrected chi connectivity index (χ3v) is 6.69. The molecule has 1 aliphatic heterocycles. The van der Waals surface area contributed by atoms with Gasteiger partial charge in [-0.1, -0.05) is 46.8 Å². The molecule has 0 aliphatic carbocycles. The monoisotopic (exact) mass is 498 g/mol. The van der Waals surface area contributed by atoms with Gasteiger partial charge in [0, 0.05) is 38.4 Å². The Hall–Kier alpha value is -2.28. The van der Waals surface area contributed by atoms with Crippen molar-refractivity contribution in [1.82, 2.24) is 4.90 Å². The summed E-state index contributed by atoms with van der Waals surface area (Å²) in [5, 5.41) is 10.4. The zero-order chi connectivity index (χ0) is 26.2. The predicted octanol–water partition coefficient (Wildman–Crippen LogP) is 4.99. The van der Waals surface area contributed by atoms with Gasteiger partial charge in [0.1, 0.15) is 18.1 Å². The van der Waals surface area contributed by atoms with E-state index in [2.05, 4.69) is 68.7 Å². The number of methoxy groups -OCH3 is 1. The molecule has 0 unspecified atom stereocenters. The Labute approximate surface area is 218 Å². The lowest BCUT2D eigenvalue weighted by atomic mass is 9.72. The number of aliphatic hydroxyl groups excluding tert-OH is 1. The quantitative estimate of drug-likeness (QED) is 0.416. The van der Waals surface area contributed by atoms with Gasteiger partial charge in [0.25, 0.3) is 0 Å². The van der Waals surface area contributed by atoms with E-state index < -0.39 is 6.10 Å². The van der Waals surface area contributed by atoms with Crippen molar-refractivity contribution >= 4 is 5.69 Å². The number of nitrogens with zero attached hydrogens (tertiary/aromatic N) is 2. The zero-order valence-corrected chi connectivity index (χ0v) is 23.1. The summed E-state index contributed by atoms with van der Waals surface area (Å²) in [5.74, 6) is 1.73. The van der Waals surface area contributed by atoms with Crippen molar-refractivity contribution in [3.05, 3.63) is 54.1 Å². The van der Waals surface area contributed by atoms with E-state index in [0.717, 1.165) is 44.1 Å². The molecule has 0 bridgehead atoms. The Kier molecular flexibility index (Phi) is 10.1. The smallest absolute Gasteiger partial charge is 0.119 e. The first-order valence-electron chi connectivity index (χ1n) is 13.2. The summed E-state index contributed by atoms with van der Waals surface area (Å²) >= 11 is 0. The summed E-state index contributed by atoms with van der Waals surface area (Å²) in [6, 6.07) is 16.6. The lowest BCUT2D eigenvalue weighted by Crippen LogP contribution is -2.49. The first-order chi connectivity index (χ1) is 17.1. The molecule has 1 N–H and O–H groups in total. The molecular weight excluding hydrogens is 452 g/mol. The van der Waals surface area contributed by atoms with Crippen molar-refractivity contribution in [2.75, 3.05) is 64.6 Å². The molecule has 6 nitrogen and oxygen atoms in total. The Morgan fingerprint density at radius 3 is 2.03 bits per heavy atom. The molecule has 6 heteroatoms. The molecule has 1 heterocycles. The maximum absolute atomic E-state index is 10.4. The minimum Gasteiger partial charge on any atom is -0.497 e. The number of hydrogen-bond donors (Lipinski definition) is 1. The lowest BCUT2D eigenvalue weighted by Gasteiger charge is -2.36. The van der Waals surface area contributed by atoms with Crippen LogP contribution in [0.15, 0.2) is 48.5 Å². The van der Waals surface area contributed by atoms with E-state index in [-0.39, 0.29) is 10.8 Å². The van der Waals surface area contributed by atoms with Crippen LogP contribution < -0.4 is 14.4 Å². The third-order valence-electron chi connectivity index (χ3n) is 6.69. The largest absolute Gasteiger partial charge is 0.497 e. The normalized spacial score (nSPS) is 16.1. The Bertz CT molecular complexity index is 898. The van der Waals surface area contributed by atoms with Crippen molar-refractivity contribution in [2.45, 2.75) is 52.6 Å². The van der Waals surface area contributed by atoms with Gasteiger partial charge in [-0.3, -0.25) is 4.90 Å². The number of rotatable bonds is 12. The SMILES string of the molecule is COc1ccc(N2CCN(C[C@H](O)COCCOc3ccc(C(C)(C)CC(C)(C)C)cc3)CC2)cc1. The number of hydrogen-bond acceptors (Lipinski definition) is 6. The number of benzene rings is 2. The molecular formula is C30H46N2O4. The van der Waals surface area contributed by atoms with Crippen molar-refractivity contribution in [2.24, 2.45) is 5.41 Å². The summed E-state index contributed by atoms with van der Waals surface area (Å²) in [7, 11) is 1.68. The van der Waals surface area contributed by atoms with Gasteiger partial charge in [-0.2, -0.15) is 0 Å². The molecule has 1 fully saturated rings. The highest BCUT2D eigenvalue weighted by Gasteiger charge is 2.27. The standard InChI is InChI=1S/C30H46N2O4/c1-29(2,3)23-30(4,5)24-7-11-28(12-8-24)36-20-19-35-22-26(33)21-31-15-17-32(18-16-31)25-9-13-27(34-6)14-10-25/h7-14,26,33H,15-23H2,1-6H3/t26-/m0/s1. The highest BCUT2D eigenvalue weighted by molar-refractivity contribution is 5.49. The molecule has 3 rings (SSSR count). The molecule has 1 saturated heterocycles. The maximum Gasteiger partial charge on any atom is 0.119 e. The van der Waals surface area contributed by atoms with Crippen LogP contribution in [-0.2, 0) is 10.2 Å². The molecule has 2 aromatic carbocycles. The maximum atomic E-state index is 10.4. The van der Waals surface area contributed by atoms with Gasteiger partial charge in [0.15, 0.2) is 0 Å². The third kappa shape index (κ3) is 8.99. The number of ether oxygens (including phenoxy) is 3. The summed E-state index contributed by atoms with van der Waals surface area (Å²) in [6.07, 6.45) is 0.621. The highest BCUT2D eigenvalue weighted by atomic mass is 16.5. The Morgan fingerprint density at radius 2 is 1.44 bits per heavy atom. The molecule has 0 spiro atoms. The van der Waals surface area contributed by atoms with Crippen LogP contribution in [0.3, 0.4) is 0 Å². The summed E-state index contributed by atoms with van der Waals surface area (Å²) < 4.78 is 16.8. The van der Waals surface area contributed by atoms with Crippen LogP contribution in [-0.4, -0.2) is 75.8 Å². The molecule has 0 radical (unpaired) electrons. The molecule has 0 saturated carbocycles. The van der Waals surface area contributed by atoms with Crippen LogP contribution in [0.25, 0.3) is 0 Å². The molecule has 1 aliphatic rings. The van der Waals surface area contributed by atoms with E-state index in [4.69, 9.17) is 14.2 Å². The predicted molar refractivity (Wildman–Crippen MR) is 148 cm³/mol. The zero-order valence-electron chi connectivity index (χ0n) is 23.1. The van der Waals surface area contributed by atoms with E-state index in [1.54, 1.807) is 7.11 Å². The van der Waals surface area contributed by atoms with Crippen molar-refractivity contribution in [3.63, 3.8) is 0 Å². The second-order valence-corrected chi connectivity index (χ2v) is 11.7. The first kappa shape index (κ1) is 28.3. The van der Waals surface area contributed by atoms with Crippen LogP contribution in [0.4, 0.5) is 5.69 Å². The minimum atomic E-state index is -0.498. The van der Waals surface area contributed by atoms with Crippen molar-refractivity contribution in [1.29, 1.82) is 0 Å². The van der Waals surface area contributed by atoms with E-state index in [1.807, 2.05) is 24.3 Å². The van der Waals surface area contributed by atoms with Crippen molar-refractivity contribution < 1.29 is 19.3 Å². The van der Waals surface area contributed by atoms with Crippen LogP contribution >= 0.6 is 0 Å². The van der Waals surface area contributed by atoms with E-state index in [9.17, 15) is 5.11 Å². The van der Waals surface area contributed by atoms with Gasteiger partial charge in [0.2, 0.25) is 0 Å². The molecule has 36 heavy (non-hydrogen) atoms. The molecule has 2 aromatic rings. The molecule has 0 amide bonds. The summed E-state index contributed by atoms with van der Waals surface area (Å²) in [4.78, 5) is 4.67. The van der Waals surface area contributed by atoms with Crippen LogP contribution in [0, 0.1) is 5.41 Å². The number of anilines is 1. The van der Waals surface area contributed by atoms with Gasteiger partial charge in [-0.15, -0.1) is 0 Å². The topological polar surface area (TPSA) is 54.4 Å². The average Bonchev–Trinajstić information content (AvgIpc) is 2.83. The van der Waals surface area contributed by atoms with Crippen LogP contribution in [0.5, 0.6) is 11.5 Å².